The van der Waals surface area contributed by atoms with Gasteiger partial charge in [-0.2, -0.15) is 13.2 Å². The van der Waals surface area contributed by atoms with Crippen molar-refractivity contribution in [2.45, 2.75) is 63.2 Å². The molecule has 1 heterocycles. The van der Waals surface area contributed by atoms with Crippen molar-refractivity contribution in [1.29, 1.82) is 0 Å². The van der Waals surface area contributed by atoms with E-state index in [1.54, 1.807) is 24.3 Å². The minimum Gasteiger partial charge on any atom is -0.382 e. The van der Waals surface area contributed by atoms with Crippen LogP contribution in [0.3, 0.4) is 0 Å². The van der Waals surface area contributed by atoms with E-state index >= 15 is 0 Å². The maximum absolute atomic E-state index is 13.4. The van der Waals surface area contributed by atoms with Gasteiger partial charge in [-0.15, -0.1) is 0 Å². The lowest BCUT2D eigenvalue weighted by Crippen LogP contribution is -2.48. The van der Waals surface area contributed by atoms with E-state index < -0.39 is 17.3 Å². The van der Waals surface area contributed by atoms with Gasteiger partial charge in [-0.05, 0) is 69.4 Å². The van der Waals surface area contributed by atoms with Crippen LogP contribution in [0.1, 0.15) is 50.8 Å². The molecule has 1 fully saturated rings. The maximum Gasteiger partial charge on any atom is 0.433 e. The highest BCUT2D eigenvalue weighted by Gasteiger charge is 2.35. The van der Waals surface area contributed by atoms with E-state index in [0.29, 0.717) is 23.0 Å². The summed E-state index contributed by atoms with van der Waals surface area (Å²) in [6.45, 7) is 3.83. The predicted octanol–water partition coefficient (Wildman–Crippen LogP) is 6.64. The van der Waals surface area contributed by atoms with Crippen LogP contribution in [0.4, 0.5) is 18.9 Å². The number of nitrogens with one attached hydrogen (secondary N) is 2. The van der Waals surface area contributed by atoms with Gasteiger partial charge in [0.2, 0.25) is 5.91 Å². The summed E-state index contributed by atoms with van der Waals surface area (Å²) in [6, 6.07) is 15.9. The third-order valence-corrected chi connectivity index (χ3v) is 8.26. The second kappa shape index (κ2) is 10.2. The van der Waals surface area contributed by atoms with Crippen LogP contribution in [0.5, 0.6) is 0 Å². The Morgan fingerprint density at radius 1 is 1.06 bits per heavy atom. The molecule has 0 spiro atoms. The molecule has 3 aromatic rings. The van der Waals surface area contributed by atoms with Gasteiger partial charge in [-0.1, -0.05) is 55.6 Å². The molecule has 186 valence electrons. The molecular weight excluding hydrogens is 566 g/mol. The first kappa shape index (κ1) is 25.6. The van der Waals surface area contributed by atoms with Crippen LogP contribution in [0.15, 0.2) is 54.6 Å². The van der Waals surface area contributed by atoms with Gasteiger partial charge in [0.1, 0.15) is 5.69 Å². The van der Waals surface area contributed by atoms with Crippen molar-refractivity contribution in [1.82, 2.24) is 10.3 Å². The Morgan fingerprint density at radius 3 is 2.43 bits per heavy atom. The topological polar surface area (TPSA) is 54.0 Å². The van der Waals surface area contributed by atoms with Crippen LogP contribution in [0, 0.1) is 3.57 Å². The van der Waals surface area contributed by atoms with E-state index in [1.807, 2.05) is 38.1 Å². The summed E-state index contributed by atoms with van der Waals surface area (Å²) in [4.78, 5) is 17.0. The Bertz CT molecular complexity index is 1220. The molecule has 2 atom stereocenters. The number of halogens is 4. The van der Waals surface area contributed by atoms with E-state index in [1.165, 1.54) is 3.57 Å². The number of aromatic nitrogens is 1. The molecule has 2 aromatic carbocycles. The van der Waals surface area contributed by atoms with Crippen molar-refractivity contribution < 1.29 is 18.0 Å². The number of pyridine rings is 1. The zero-order chi connectivity index (χ0) is 25.2. The molecule has 4 nitrogen and oxygen atoms in total. The number of alkyl halides is 3. The minimum atomic E-state index is -4.53. The Labute approximate surface area is 213 Å². The summed E-state index contributed by atoms with van der Waals surface area (Å²) in [5.41, 5.74) is 0.0758. The lowest BCUT2D eigenvalue weighted by molar-refractivity contribution is -0.140. The highest BCUT2D eigenvalue weighted by atomic mass is 127. The van der Waals surface area contributed by atoms with E-state index in [4.69, 9.17) is 0 Å². The molecule has 1 aliphatic carbocycles. The lowest BCUT2D eigenvalue weighted by Gasteiger charge is -2.34. The number of carbonyl (C=O) groups excluding carboxylic acids is 1. The molecule has 8 heteroatoms. The first-order valence-corrected chi connectivity index (χ1v) is 14.2. The summed E-state index contributed by atoms with van der Waals surface area (Å²) in [6.07, 6.45) is -1.34. The van der Waals surface area contributed by atoms with E-state index in [-0.39, 0.29) is 38.7 Å². The van der Waals surface area contributed by atoms with Crippen LogP contribution in [0.2, 0.25) is 0 Å². The second-order valence-electron chi connectivity index (χ2n) is 9.51. The summed E-state index contributed by atoms with van der Waals surface area (Å²) in [5, 5.41) is 7.18. The molecule has 1 aliphatic rings. The molecule has 1 amide bonds. The third kappa shape index (κ3) is 5.85. The first-order valence-electron chi connectivity index (χ1n) is 11.6. The van der Waals surface area contributed by atoms with Crippen LogP contribution >= 0.6 is 20.7 Å². The van der Waals surface area contributed by atoms with Crippen molar-refractivity contribution in [3.05, 3.63) is 69.4 Å². The summed E-state index contributed by atoms with van der Waals surface area (Å²) in [7, 11) is 0. The number of fused-ring (bicyclic) bond motifs is 1. The van der Waals surface area contributed by atoms with E-state index in [9.17, 15) is 18.0 Å². The quantitative estimate of drug-likeness (QED) is 0.314. The largest absolute Gasteiger partial charge is 0.433 e. The molecule has 35 heavy (non-hydrogen) atoms. The molecule has 2 N–H and O–H groups in total. The summed E-state index contributed by atoms with van der Waals surface area (Å²) in [5.74, 6) is -0.0473. The fourth-order valence-electron chi connectivity index (χ4n) is 4.56. The number of para-hydroxylation sites is 1. The van der Waals surface area contributed by atoms with Gasteiger partial charge >= 0.3 is 6.18 Å². The molecule has 1 aromatic heterocycles. The van der Waals surface area contributed by atoms with Crippen LogP contribution in [-0.4, -0.2) is 27.5 Å². The van der Waals surface area contributed by atoms with Gasteiger partial charge in [0.15, 0.2) is 0 Å². The zero-order valence-electron chi connectivity index (χ0n) is 19.8. The smallest absolute Gasteiger partial charge is 0.382 e. The van der Waals surface area contributed by atoms with Crippen LogP contribution < -0.4 is 10.6 Å². The number of hydrogen-bond acceptors (Lipinski definition) is 3. The van der Waals surface area contributed by atoms with Gasteiger partial charge in [-0.25, -0.2) is 4.98 Å². The average Bonchev–Trinajstić information content (AvgIpc) is 2.83. The van der Waals surface area contributed by atoms with Gasteiger partial charge in [0.25, 0.3) is 0 Å². The predicted molar refractivity (Wildman–Crippen MR) is 144 cm³/mol. The maximum atomic E-state index is 13.4. The monoisotopic (exact) mass is 595 g/mol. The number of anilines is 1. The summed E-state index contributed by atoms with van der Waals surface area (Å²) >= 11 is -0.242. The van der Waals surface area contributed by atoms with Crippen LogP contribution in [-0.2, 0) is 16.4 Å². The standard InChI is InChI=1S/C27H29F3IN3O/c1-26(2,17-11-13-18(31-3)14-12-17)25(35)33-20-8-6-7-19(15-20)32-23-16-24(27(28,29)30)34-22-10-5-4-9-21(22)23/h4-5,9-14,16,19-20H,3,6-8,15H2,1-2H3,(H,32,34)(H,33,35)/t19-,20+/m0/s1. The molecule has 0 aliphatic heterocycles. The molecular formula is C27H29F3IN3O. The number of rotatable bonds is 6. The Morgan fingerprint density at radius 2 is 1.74 bits per heavy atom. The first-order chi connectivity index (χ1) is 16.6. The van der Waals surface area contributed by atoms with Gasteiger partial charge in [-0.3, -0.25) is 4.79 Å². The van der Waals surface area contributed by atoms with Crippen molar-refractivity contribution >= 4 is 47.7 Å². The molecule has 1 saturated carbocycles. The van der Waals surface area contributed by atoms with E-state index in [0.717, 1.165) is 30.9 Å². The number of nitrogens with zero attached hydrogens (tertiary/aromatic N) is 1. The zero-order valence-corrected chi connectivity index (χ0v) is 21.9. The SMILES string of the molecule is C=Ic1ccc(C(C)(C)C(=O)N[C@@H]2CCC[C@H](Nc3cc(C(F)(F)F)nc4ccccc34)C2)cc1. The van der Waals surface area contributed by atoms with Crippen molar-refractivity contribution in [3.63, 3.8) is 0 Å². The molecule has 4 rings (SSSR count). The molecule has 0 saturated heterocycles. The highest BCUT2D eigenvalue weighted by molar-refractivity contribution is 14.2. The van der Waals surface area contributed by atoms with Crippen LogP contribution in [0.25, 0.3) is 10.9 Å². The second-order valence-corrected chi connectivity index (χ2v) is 11.5. The van der Waals surface area contributed by atoms with Gasteiger partial charge in [0, 0.05) is 26.7 Å². The average molecular weight is 595 g/mol. The number of amides is 1. The van der Waals surface area contributed by atoms with E-state index in [2.05, 4.69) is 20.1 Å². The molecule has 0 radical (unpaired) electrons. The number of hydrogen-bond donors (Lipinski definition) is 2. The van der Waals surface area contributed by atoms with Gasteiger partial charge < -0.3 is 10.6 Å². The molecule has 0 unspecified atom stereocenters. The molecule has 0 bridgehead atoms. The highest BCUT2D eigenvalue weighted by Crippen LogP contribution is 2.34. The minimum absolute atomic E-state index is 0.0473. The number of carbonyl (C=O) groups is 1. The van der Waals surface area contributed by atoms with Crippen molar-refractivity contribution in [3.8, 4) is 0 Å². The van der Waals surface area contributed by atoms with Crippen molar-refractivity contribution in [2.24, 2.45) is 0 Å². The van der Waals surface area contributed by atoms with Crippen molar-refractivity contribution in [2.75, 3.05) is 5.32 Å². The fourth-order valence-corrected chi connectivity index (χ4v) is 5.43. The lowest BCUT2D eigenvalue weighted by atomic mass is 9.82. The Balaban J connectivity index is 1.48. The third-order valence-electron chi connectivity index (χ3n) is 6.66. The normalized spacial score (nSPS) is 18.9. The Kier molecular flexibility index (Phi) is 7.49. The number of benzene rings is 2. The summed E-state index contributed by atoms with van der Waals surface area (Å²) < 4.78 is 45.5. The fraction of sp³-hybridized carbons (Fsp3) is 0.370. The Hall–Kier alpha value is -2.49. The van der Waals surface area contributed by atoms with Gasteiger partial charge in [0.05, 0.1) is 10.9 Å².